The van der Waals surface area contributed by atoms with E-state index < -0.39 is 51.4 Å². The third-order valence-corrected chi connectivity index (χ3v) is 20.1. The van der Waals surface area contributed by atoms with Crippen LogP contribution in [0.3, 0.4) is 0 Å². The molecule has 0 aliphatic carbocycles. The maximum atomic E-state index is 13.4. The number of sulfone groups is 2. The Labute approximate surface area is 247 Å². The monoisotopic (exact) mass is 746 g/mol. The average Bonchev–Trinajstić information content (AvgIpc) is 2.94. The van der Waals surface area contributed by atoms with E-state index in [9.17, 15) is 33.7 Å². The highest BCUT2D eigenvalue weighted by Crippen LogP contribution is 2.46. The van der Waals surface area contributed by atoms with E-state index in [1.54, 1.807) is 0 Å². The molecule has 4 rings (SSSR count). The van der Waals surface area contributed by atoms with Gasteiger partial charge in [0.1, 0.15) is 0 Å². The number of sulfonamides is 2. The number of alkyl halides is 2. The van der Waals surface area contributed by atoms with E-state index in [0.717, 1.165) is 87.1 Å². The predicted molar refractivity (Wildman–Crippen MR) is 153 cm³/mol. The predicted octanol–water partition coefficient (Wildman–Crippen LogP) is 3.68. The van der Waals surface area contributed by atoms with Crippen molar-refractivity contribution in [1.82, 2.24) is 8.61 Å². The molecule has 2 aliphatic rings. The van der Waals surface area contributed by atoms with Crippen LogP contribution in [0, 0.1) is 0 Å². The summed E-state index contributed by atoms with van der Waals surface area (Å²) < 4.78 is 105. The smallest absolute Gasteiger partial charge is 0.220 e. The zero-order valence-electron chi connectivity index (χ0n) is 20.7. The van der Waals surface area contributed by atoms with E-state index in [-0.39, 0.29) is 9.79 Å². The molecular weight excluding hydrogens is 720 g/mol. The number of nitrogens with zero attached hydrogens (tertiary/aromatic N) is 2. The normalized spacial score (nSPS) is 19.1. The van der Waals surface area contributed by atoms with Crippen molar-refractivity contribution in [2.24, 2.45) is 0 Å². The van der Waals surface area contributed by atoms with Crippen LogP contribution in [0.5, 0.6) is 0 Å². The second kappa shape index (κ2) is 11.4. The Morgan fingerprint density at radius 3 is 1.00 bits per heavy atom. The van der Waals surface area contributed by atoms with Crippen LogP contribution in [0.2, 0.25) is 0 Å². The maximum absolute atomic E-state index is 13.4. The van der Waals surface area contributed by atoms with Crippen LogP contribution < -0.4 is 0 Å². The summed E-state index contributed by atoms with van der Waals surface area (Å²) in [5.74, 6) is 0. The SMILES string of the molecule is O=S(=O)(c1ccc(S(=O)(=O)C(Br)(Br)S(=O)(=O)c2ccc(S(=O)(=O)N3CCCCC3)cc2)cc1)N1CCCCC1. The minimum Gasteiger partial charge on any atom is -0.220 e. The van der Waals surface area contributed by atoms with Crippen LogP contribution in [-0.4, -0.2) is 70.4 Å². The lowest BCUT2D eigenvalue weighted by molar-refractivity contribution is 0.346. The van der Waals surface area contributed by atoms with E-state index in [2.05, 4.69) is 31.9 Å². The molecule has 0 radical (unpaired) electrons. The molecule has 2 saturated heterocycles. The summed E-state index contributed by atoms with van der Waals surface area (Å²) in [5, 5.41) is 0. The first-order chi connectivity index (χ1) is 18.1. The molecule has 2 aromatic carbocycles. The van der Waals surface area contributed by atoms with Crippen LogP contribution in [-0.2, 0) is 39.7 Å². The van der Waals surface area contributed by atoms with Crippen LogP contribution >= 0.6 is 31.9 Å². The van der Waals surface area contributed by atoms with Crippen molar-refractivity contribution in [3.05, 3.63) is 48.5 Å². The van der Waals surface area contributed by atoms with Crippen molar-refractivity contribution in [3.8, 4) is 0 Å². The standard InChI is InChI=1S/C23H28Br2N2O8S4/c24-23(25,36(28,29)19-7-11-21(12-8-19)38(32,33)26-15-3-1-4-16-26)37(30,31)20-9-13-22(14-10-20)39(34,35)27-17-5-2-6-18-27/h7-14H,1-6,15-18H2. The molecule has 0 unspecified atom stereocenters. The molecule has 0 saturated carbocycles. The first kappa shape index (κ1) is 31.1. The van der Waals surface area contributed by atoms with Crippen LogP contribution in [0.15, 0.2) is 68.1 Å². The van der Waals surface area contributed by atoms with Gasteiger partial charge in [0.25, 0.3) is 1.90 Å². The summed E-state index contributed by atoms with van der Waals surface area (Å²) in [6, 6.07) is 8.75. The van der Waals surface area contributed by atoms with Gasteiger partial charge in [-0.15, -0.1) is 0 Å². The molecule has 0 bridgehead atoms. The van der Waals surface area contributed by atoms with Crippen molar-refractivity contribution in [1.29, 1.82) is 0 Å². The molecule has 0 amide bonds. The highest BCUT2D eigenvalue weighted by Gasteiger charge is 2.53. The number of hydrogen-bond acceptors (Lipinski definition) is 8. The average molecular weight is 749 g/mol. The number of piperidine rings is 2. The second-order valence-corrected chi connectivity index (χ2v) is 23.2. The van der Waals surface area contributed by atoms with Crippen LogP contribution in [0.4, 0.5) is 0 Å². The summed E-state index contributed by atoms with van der Waals surface area (Å²) in [7, 11) is -17.0. The third kappa shape index (κ3) is 5.76. The lowest BCUT2D eigenvalue weighted by Crippen LogP contribution is -2.36. The van der Waals surface area contributed by atoms with Gasteiger partial charge < -0.3 is 0 Å². The molecule has 2 aliphatic heterocycles. The van der Waals surface area contributed by atoms with Gasteiger partial charge in [0.2, 0.25) is 39.7 Å². The quantitative estimate of drug-likeness (QED) is 0.373. The van der Waals surface area contributed by atoms with E-state index in [1.165, 1.54) is 8.61 Å². The molecular formula is C23H28Br2N2O8S4. The number of halogens is 2. The van der Waals surface area contributed by atoms with Gasteiger partial charge >= 0.3 is 0 Å². The molecule has 10 nitrogen and oxygen atoms in total. The highest BCUT2D eigenvalue weighted by atomic mass is 79.9. The minimum absolute atomic E-state index is 0.0912. The van der Waals surface area contributed by atoms with Gasteiger partial charge in [-0.05, 0) is 106 Å². The molecule has 0 aromatic heterocycles. The number of hydrogen-bond donors (Lipinski definition) is 0. The van der Waals surface area contributed by atoms with Gasteiger partial charge in [0.15, 0.2) is 0 Å². The molecule has 216 valence electrons. The molecule has 2 aromatic rings. The number of rotatable bonds is 8. The minimum atomic E-state index is -4.68. The Morgan fingerprint density at radius 1 is 0.462 bits per heavy atom. The van der Waals surface area contributed by atoms with Crippen molar-refractivity contribution < 1.29 is 33.7 Å². The molecule has 0 spiro atoms. The van der Waals surface area contributed by atoms with Crippen molar-refractivity contribution in [3.63, 3.8) is 0 Å². The van der Waals surface area contributed by atoms with Crippen molar-refractivity contribution in [2.45, 2.75) is 60.0 Å². The molecule has 0 N–H and O–H groups in total. The summed E-state index contributed by atoms with van der Waals surface area (Å²) in [6.45, 7) is 1.52. The van der Waals surface area contributed by atoms with Crippen LogP contribution in [0.1, 0.15) is 38.5 Å². The molecule has 2 fully saturated rings. The van der Waals surface area contributed by atoms with E-state index >= 15 is 0 Å². The Balaban J connectivity index is 1.61. The van der Waals surface area contributed by atoms with Gasteiger partial charge in [-0.3, -0.25) is 0 Å². The number of benzene rings is 2. The van der Waals surface area contributed by atoms with E-state index in [4.69, 9.17) is 0 Å². The van der Waals surface area contributed by atoms with Crippen LogP contribution in [0.25, 0.3) is 0 Å². The molecule has 2 heterocycles. The zero-order chi connectivity index (χ0) is 28.7. The molecule has 39 heavy (non-hydrogen) atoms. The molecule has 16 heteroatoms. The fourth-order valence-electron chi connectivity index (χ4n) is 4.51. The van der Waals surface area contributed by atoms with Gasteiger partial charge in [-0.25, -0.2) is 33.7 Å². The highest BCUT2D eigenvalue weighted by molar-refractivity contribution is 9.30. The Kier molecular flexibility index (Phi) is 9.10. The fraction of sp³-hybridized carbons (Fsp3) is 0.478. The zero-order valence-corrected chi connectivity index (χ0v) is 27.2. The van der Waals surface area contributed by atoms with Gasteiger partial charge in [-0.1, -0.05) is 12.8 Å². The van der Waals surface area contributed by atoms with Crippen molar-refractivity contribution in [2.75, 3.05) is 26.2 Å². The van der Waals surface area contributed by atoms with Gasteiger partial charge in [-0.2, -0.15) is 8.61 Å². The van der Waals surface area contributed by atoms with E-state index in [1.807, 2.05) is 0 Å². The fourth-order valence-corrected chi connectivity index (χ4v) is 13.1. The Bertz CT molecular complexity index is 1510. The largest absolute Gasteiger partial charge is 0.289 e. The summed E-state index contributed by atoms with van der Waals surface area (Å²) in [6.07, 6.45) is 4.84. The maximum Gasteiger partial charge on any atom is 0.289 e. The summed E-state index contributed by atoms with van der Waals surface area (Å²) in [4.78, 5) is -1.04. The molecule has 0 atom stereocenters. The topological polar surface area (TPSA) is 143 Å². The van der Waals surface area contributed by atoms with Crippen molar-refractivity contribution >= 4 is 71.6 Å². The summed E-state index contributed by atoms with van der Waals surface area (Å²) >= 11 is 5.65. The first-order valence-electron chi connectivity index (χ1n) is 12.2. The van der Waals surface area contributed by atoms with E-state index in [0.29, 0.717) is 26.2 Å². The lowest BCUT2D eigenvalue weighted by Gasteiger charge is -2.26. The Morgan fingerprint density at radius 2 is 0.718 bits per heavy atom. The second-order valence-electron chi connectivity index (χ2n) is 9.34. The van der Waals surface area contributed by atoms with Gasteiger partial charge in [0.05, 0.1) is 19.6 Å². The lowest BCUT2D eigenvalue weighted by atomic mass is 10.2. The first-order valence-corrected chi connectivity index (χ1v) is 19.6. The Hall–Kier alpha value is -0.880. The third-order valence-electron chi connectivity index (χ3n) is 6.80. The van der Waals surface area contributed by atoms with Gasteiger partial charge in [0, 0.05) is 26.2 Å². The summed E-state index contributed by atoms with van der Waals surface area (Å²) in [5.41, 5.74) is 0.